The first-order chi connectivity index (χ1) is 21.8. The maximum atomic E-state index is 14.4. The molecule has 0 N–H and O–H groups in total. The molecule has 0 saturated carbocycles. The van der Waals surface area contributed by atoms with E-state index < -0.39 is 12.0 Å². The van der Waals surface area contributed by atoms with Gasteiger partial charge in [0, 0.05) is 32.7 Å². The van der Waals surface area contributed by atoms with E-state index in [-0.39, 0.29) is 30.3 Å². The van der Waals surface area contributed by atoms with E-state index in [0.717, 1.165) is 27.7 Å². The Labute approximate surface area is 268 Å². The topological polar surface area (TPSA) is 91.9 Å². The third-order valence-corrected chi connectivity index (χ3v) is 8.94. The van der Waals surface area contributed by atoms with E-state index in [1.54, 1.807) is 30.5 Å². The summed E-state index contributed by atoms with van der Waals surface area (Å²) < 4.78 is 14.7. The molecular weight excluding hydrogens is 610 g/mol. The minimum absolute atomic E-state index is 0.0508. The number of esters is 2. The van der Waals surface area contributed by atoms with Crippen LogP contribution in [-0.4, -0.2) is 34.3 Å². The number of carbonyl (C=O) groups is 2. The minimum atomic E-state index is -0.804. The standard InChI is InChI=1S/C35H30ClN3O5S/c1-4-43-29(40)20-38-21(3)26(25-13-9-10-14-27(25)38)19-28-33(41)39-32(23-15-17-24(36)18-16-23)30(34(42)44-5-2)31(37-35(39)45-28)22-11-7-6-8-12-22/h6-19,32H,4-5,20H2,1-3H3/b28-19-/t32-/m1/s1. The average molecular weight is 640 g/mol. The maximum Gasteiger partial charge on any atom is 0.338 e. The van der Waals surface area contributed by atoms with Crippen LogP contribution in [0.15, 0.2) is 94.2 Å². The maximum absolute atomic E-state index is 14.4. The summed E-state index contributed by atoms with van der Waals surface area (Å²) in [7, 11) is 0. The van der Waals surface area contributed by atoms with Crippen LogP contribution in [0.1, 0.15) is 42.3 Å². The first kappa shape index (κ1) is 30.3. The van der Waals surface area contributed by atoms with Gasteiger partial charge >= 0.3 is 11.9 Å². The molecule has 228 valence electrons. The van der Waals surface area contributed by atoms with Crippen molar-refractivity contribution in [3.05, 3.63) is 132 Å². The number of aromatic nitrogens is 2. The van der Waals surface area contributed by atoms with Crippen LogP contribution in [-0.2, 0) is 25.6 Å². The summed E-state index contributed by atoms with van der Waals surface area (Å²) in [5.41, 5.74) is 4.34. The summed E-state index contributed by atoms with van der Waals surface area (Å²) in [6.45, 7) is 5.95. The molecule has 0 bridgehead atoms. The molecule has 45 heavy (non-hydrogen) atoms. The lowest BCUT2D eigenvalue weighted by atomic mass is 9.93. The molecule has 0 saturated heterocycles. The van der Waals surface area contributed by atoms with Crippen molar-refractivity contribution in [2.45, 2.75) is 33.4 Å². The molecule has 3 heterocycles. The van der Waals surface area contributed by atoms with Crippen molar-refractivity contribution in [3.8, 4) is 0 Å². The van der Waals surface area contributed by atoms with Crippen molar-refractivity contribution in [1.82, 2.24) is 9.13 Å². The highest BCUT2D eigenvalue weighted by molar-refractivity contribution is 7.07. The number of hydrogen-bond acceptors (Lipinski definition) is 7. The van der Waals surface area contributed by atoms with Crippen LogP contribution in [0.4, 0.5) is 0 Å². The molecule has 0 fully saturated rings. The third kappa shape index (κ3) is 5.65. The molecule has 10 heteroatoms. The molecule has 0 unspecified atom stereocenters. The number of benzene rings is 3. The highest BCUT2D eigenvalue weighted by atomic mass is 35.5. The zero-order chi connectivity index (χ0) is 31.7. The largest absolute Gasteiger partial charge is 0.465 e. The van der Waals surface area contributed by atoms with Gasteiger partial charge in [-0.2, -0.15) is 0 Å². The van der Waals surface area contributed by atoms with E-state index >= 15 is 0 Å². The first-order valence-electron chi connectivity index (χ1n) is 14.6. The zero-order valence-electron chi connectivity index (χ0n) is 25.0. The molecule has 1 atom stereocenters. The van der Waals surface area contributed by atoms with Gasteiger partial charge in [-0.15, -0.1) is 0 Å². The van der Waals surface area contributed by atoms with E-state index in [9.17, 15) is 14.4 Å². The van der Waals surface area contributed by atoms with Gasteiger partial charge in [0.15, 0.2) is 4.80 Å². The predicted molar refractivity (Wildman–Crippen MR) is 176 cm³/mol. The Hall–Kier alpha value is -4.73. The van der Waals surface area contributed by atoms with Crippen molar-refractivity contribution >= 4 is 57.6 Å². The molecule has 8 nitrogen and oxygen atoms in total. The number of carbonyl (C=O) groups excluding carboxylic acids is 2. The van der Waals surface area contributed by atoms with Crippen molar-refractivity contribution < 1.29 is 19.1 Å². The molecule has 1 aliphatic rings. The fourth-order valence-electron chi connectivity index (χ4n) is 5.71. The van der Waals surface area contributed by atoms with Crippen molar-refractivity contribution in [3.63, 3.8) is 0 Å². The lowest BCUT2D eigenvalue weighted by Crippen LogP contribution is -2.40. The lowest BCUT2D eigenvalue weighted by molar-refractivity contribution is -0.143. The summed E-state index contributed by atoms with van der Waals surface area (Å²) in [5, 5.41) is 1.43. The Morgan fingerprint density at radius 1 is 0.956 bits per heavy atom. The zero-order valence-corrected chi connectivity index (χ0v) is 26.5. The molecule has 2 aromatic heterocycles. The minimum Gasteiger partial charge on any atom is -0.465 e. The van der Waals surface area contributed by atoms with Gasteiger partial charge in [-0.1, -0.05) is 83.6 Å². The number of hydrogen-bond donors (Lipinski definition) is 0. The highest BCUT2D eigenvalue weighted by Gasteiger charge is 2.35. The van der Waals surface area contributed by atoms with Crippen LogP contribution >= 0.6 is 22.9 Å². The first-order valence-corrected chi connectivity index (χ1v) is 15.8. The Kier molecular flexibility index (Phi) is 8.56. The average Bonchev–Trinajstić information content (AvgIpc) is 3.50. The third-order valence-electron chi connectivity index (χ3n) is 7.71. The Morgan fingerprint density at radius 2 is 1.64 bits per heavy atom. The van der Waals surface area contributed by atoms with Gasteiger partial charge in [0.2, 0.25) is 0 Å². The number of nitrogens with zero attached hydrogens (tertiary/aromatic N) is 3. The molecule has 3 aromatic carbocycles. The van der Waals surface area contributed by atoms with Crippen LogP contribution in [0.5, 0.6) is 0 Å². The lowest BCUT2D eigenvalue weighted by Gasteiger charge is -2.25. The van der Waals surface area contributed by atoms with Gasteiger partial charge in [-0.3, -0.25) is 14.2 Å². The fourth-order valence-corrected chi connectivity index (χ4v) is 6.82. The van der Waals surface area contributed by atoms with E-state index in [1.165, 1.54) is 11.3 Å². The normalized spacial score (nSPS) is 14.8. The number of rotatable bonds is 8. The Balaban J connectivity index is 1.62. The molecule has 5 aromatic rings. The molecule has 0 amide bonds. The van der Waals surface area contributed by atoms with Crippen LogP contribution < -0.4 is 14.9 Å². The molecule has 0 aliphatic carbocycles. The summed E-state index contributed by atoms with van der Waals surface area (Å²) in [4.78, 5) is 45.8. The monoisotopic (exact) mass is 639 g/mol. The van der Waals surface area contributed by atoms with E-state index in [0.29, 0.717) is 32.2 Å². The van der Waals surface area contributed by atoms with E-state index in [4.69, 9.17) is 26.1 Å². The second kappa shape index (κ2) is 12.7. The second-order valence-corrected chi connectivity index (χ2v) is 11.8. The van der Waals surface area contributed by atoms with Crippen LogP contribution in [0.3, 0.4) is 0 Å². The summed E-state index contributed by atoms with van der Waals surface area (Å²) in [6, 6.07) is 23.4. The summed E-state index contributed by atoms with van der Waals surface area (Å²) in [6.07, 6.45) is 1.85. The number of fused-ring (bicyclic) bond motifs is 2. The van der Waals surface area contributed by atoms with Crippen molar-refractivity contribution in [2.24, 2.45) is 4.99 Å². The van der Waals surface area contributed by atoms with Gasteiger partial charge in [0.05, 0.1) is 35.1 Å². The Bertz CT molecular complexity index is 2140. The number of ether oxygens (including phenoxy) is 2. The molecule has 0 radical (unpaired) electrons. The molecule has 1 aliphatic heterocycles. The quantitative estimate of drug-likeness (QED) is 0.212. The summed E-state index contributed by atoms with van der Waals surface area (Å²) >= 11 is 7.49. The van der Waals surface area contributed by atoms with E-state index in [1.807, 2.05) is 84.3 Å². The van der Waals surface area contributed by atoms with Gasteiger partial charge in [-0.05, 0) is 50.6 Å². The SMILES string of the molecule is CCOC(=O)Cn1c(C)c(/C=c2\sc3n(c2=O)[C@H](c2ccc(Cl)cc2)C(C(=O)OCC)=C(c2ccccc2)N=3)c2ccccc21. The number of halogens is 1. The van der Waals surface area contributed by atoms with Crippen LogP contribution in [0, 0.1) is 6.92 Å². The predicted octanol–water partition coefficient (Wildman–Crippen LogP) is 5.42. The fraction of sp³-hybridized carbons (Fsp3) is 0.200. The summed E-state index contributed by atoms with van der Waals surface area (Å²) in [5.74, 6) is -0.887. The molecule has 0 spiro atoms. The number of para-hydroxylation sites is 1. The second-order valence-electron chi connectivity index (χ2n) is 10.4. The van der Waals surface area contributed by atoms with Crippen molar-refractivity contribution in [2.75, 3.05) is 13.2 Å². The highest BCUT2D eigenvalue weighted by Crippen LogP contribution is 2.35. The van der Waals surface area contributed by atoms with Gasteiger partial charge < -0.3 is 14.0 Å². The van der Waals surface area contributed by atoms with Crippen LogP contribution in [0.25, 0.3) is 22.7 Å². The molecule has 6 rings (SSSR count). The Morgan fingerprint density at radius 3 is 2.36 bits per heavy atom. The van der Waals surface area contributed by atoms with E-state index in [2.05, 4.69) is 0 Å². The smallest absolute Gasteiger partial charge is 0.338 e. The van der Waals surface area contributed by atoms with Gasteiger partial charge in [0.1, 0.15) is 6.54 Å². The molecular formula is C35H30ClN3O5S. The van der Waals surface area contributed by atoms with Crippen LogP contribution in [0.2, 0.25) is 5.02 Å². The van der Waals surface area contributed by atoms with Gasteiger partial charge in [-0.25, -0.2) is 9.79 Å². The van der Waals surface area contributed by atoms with Crippen molar-refractivity contribution in [1.29, 1.82) is 0 Å². The van der Waals surface area contributed by atoms with Gasteiger partial charge in [0.25, 0.3) is 5.56 Å². The number of thiazole rings is 1.